The summed E-state index contributed by atoms with van der Waals surface area (Å²) in [7, 11) is 0. The molecule has 18 heavy (non-hydrogen) atoms. The van der Waals surface area contributed by atoms with Crippen molar-refractivity contribution < 1.29 is 0 Å². The fourth-order valence-electron chi connectivity index (χ4n) is 2.77. The first-order chi connectivity index (χ1) is 8.51. The van der Waals surface area contributed by atoms with Crippen molar-refractivity contribution in [3.8, 4) is 0 Å². The van der Waals surface area contributed by atoms with E-state index in [4.69, 9.17) is 17.3 Å². The third-order valence-electron chi connectivity index (χ3n) is 4.14. The molecule has 0 aliphatic carbocycles. The Balaban J connectivity index is 2.17. The summed E-state index contributed by atoms with van der Waals surface area (Å²) in [6, 6.07) is 7.92. The molecular weight excluding hydrogens is 244 g/mol. The lowest BCUT2D eigenvalue weighted by Crippen LogP contribution is -2.53. The fourth-order valence-corrected chi connectivity index (χ4v) is 2.97. The quantitative estimate of drug-likeness (QED) is 0.906. The highest BCUT2D eigenvalue weighted by molar-refractivity contribution is 6.30. The standard InChI is InChI=1S/C15H23ClN2/c1-15(2,18-9-4-3-5-10-18)14(17)12-7-6-8-13(16)11-12/h6-8,11,14H,3-5,9-10,17H2,1-2H3. The van der Waals surface area contributed by atoms with Crippen LogP contribution >= 0.6 is 11.6 Å². The van der Waals surface area contributed by atoms with Gasteiger partial charge in [0.15, 0.2) is 0 Å². The number of piperidine rings is 1. The summed E-state index contributed by atoms with van der Waals surface area (Å²) in [6.45, 7) is 6.79. The zero-order chi connectivity index (χ0) is 13.2. The summed E-state index contributed by atoms with van der Waals surface area (Å²) in [6.07, 6.45) is 3.91. The van der Waals surface area contributed by atoms with E-state index in [9.17, 15) is 0 Å². The molecule has 1 saturated heterocycles. The van der Waals surface area contributed by atoms with Gasteiger partial charge in [0.05, 0.1) is 0 Å². The molecule has 1 atom stereocenters. The maximum Gasteiger partial charge on any atom is 0.0477 e. The number of benzene rings is 1. The molecule has 1 aliphatic heterocycles. The number of hydrogen-bond acceptors (Lipinski definition) is 2. The van der Waals surface area contributed by atoms with Crippen LogP contribution in [0.1, 0.15) is 44.7 Å². The molecule has 0 aromatic heterocycles. The highest BCUT2D eigenvalue weighted by atomic mass is 35.5. The maximum atomic E-state index is 6.47. The Morgan fingerprint density at radius 2 is 1.89 bits per heavy atom. The van der Waals surface area contributed by atoms with E-state index in [0.29, 0.717) is 0 Å². The van der Waals surface area contributed by atoms with E-state index >= 15 is 0 Å². The van der Waals surface area contributed by atoms with Crippen molar-refractivity contribution in [1.29, 1.82) is 0 Å². The number of halogens is 1. The lowest BCUT2D eigenvalue weighted by Gasteiger charge is -2.44. The summed E-state index contributed by atoms with van der Waals surface area (Å²) in [5, 5.41) is 0.761. The normalized spacial score (nSPS) is 19.8. The van der Waals surface area contributed by atoms with Crippen molar-refractivity contribution in [2.75, 3.05) is 13.1 Å². The van der Waals surface area contributed by atoms with Crippen LogP contribution < -0.4 is 5.73 Å². The molecule has 100 valence electrons. The van der Waals surface area contributed by atoms with Crippen molar-refractivity contribution in [1.82, 2.24) is 4.90 Å². The summed E-state index contributed by atoms with van der Waals surface area (Å²) < 4.78 is 0. The summed E-state index contributed by atoms with van der Waals surface area (Å²) >= 11 is 6.06. The summed E-state index contributed by atoms with van der Waals surface area (Å²) in [5.74, 6) is 0. The molecule has 3 heteroatoms. The van der Waals surface area contributed by atoms with Gasteiger partial charge in [-0.1, -0.05) is 30.2 Å². The van der Waals surface area contributed by atoms with E-state index in [1.165, 1.54) is 19.3 Å². The van der Waals surface area contributed by atoms with Gasteiger partial charge in [-0.25, -0.2) is 0 Å². The monoisotopic (exact) mass is 266 g/mol. The molecule has 0 saturated carbocycles. The van der Waals surface area contributed by atoms with Crippen molar-refractivity contribution in [2.24, 2.45) is 5.73 Å². The van der Waals surface area contributed by atoms with Gasteiger partial charge < -0.3 is 5.73 Å². The van der Waals surface area contributed by atoms with Crippen molar-refractivity contribution in [2.45, 2.75) is 44.7 Å². The van der Waals surface area contributed by atoms with Gasteiger partial charge in [0, 0.05) is 16.6 Å². The molecule has 1 heterocycles. The Hall–Kier alpha value is -0.570. The van der Waals surface area contributed by atoms with Crippen molar-refractivity contribution in [3.05, 3.63) is 34.9 Å². The largest absolute Gasteiger partial charge is 0.322 e. The second kappa shape index (κ2) is 5.60. The van der Waals surface area contributed by atoms with E-state index in [2.05, 4.69) is 24.8 Å². The third kappa shape index (κ3) is 2.87. The van der Waals surface area contributed by atoms with Crippen LogP contribution in [0.4, 0.5) is 0 Å². The molecule has 0 spiro atoms. The Morgan fingerprint density at radius 3 is 2.50 bits per heavy atom. The van der Waals surface area contributed by atoms with Crippen LogP contribution in [0.15, 0.2) is 24.3 Å². The first kappa shape index (κ1) is 13.9. The number of likely N-dealkylation sites (tertiary alicyclic amines) is 1. The van der Waals surface area contributed by atoms with Crippen molar-refractivity contribution in [3.63, 3.8) is 0 Å². The SMILES string of the molecule is CC(C)(C(N)c1cccc(Cl)c1)N1CCCCC1. The molecule has 0 bridgehead atoms. The van der Waals surface area contributed by atoms with E-state index in [1.807, 2.05) is 18.2 Å². The van der Waals surface area contributed by atoms with Gasteiger partial charge in [-0.15, -0.1) is 0 Å². The lowest BCUT2D eigenvalue weighted by atomic mass is 9.86. The third-order valence-corrected chi connectivity index (χ3v) is 4.38. The molecular formula is C15H23ClN2. The second-order valence-electron chi connectivity index (χ2n) is 5.73. The van der Waals surface area contributed by atoms with Crippen LogP contribution in [-0.4, -0.2) is 23.5 Å². The summed E-state index contributed by atoms with van der Waals surface area (Å²) in [4.78, 5) is 2.52. The average molecular weight is 267 g/mol. The minimum atomic E-state index is -0.0227. The minimum absolute atomic E-state index is 0.00528. The Morgan fingerprint density at radius 1 is 1.22 bits per heavy atom. The minimum Gasteiger partial charge on any atom is -0.322 e. The number of nitrogens with two attached hydrogens (primary N) is 1. The molecule has 1 fully saturated rings. The van der Waals surface area contributed by atoms with Gasteiger partial charge >= 0.3 is 0 Å². The number of rotatable bonds is 3. The Bertz CT molecular complexity index is 397. The smallest absolute Gasteiger partial charge is 0.0477 e. The van der Waals surface area contributed by atoms with Crippen LogP contribution in [0, 0.1) is 0 Å². The van der Waals surface area contributed by atoms with Gasteiger partial charge in [-0.05, 0) is 57.5 Å². The van der Waals surface area contributed by atoms with Crippen LogP contribution in [-0.2, 0) is 0 Å². The van der Waals surface area contributed by atoms with Crippen molar-refractivity contribution >= 4 is 11.6 Å². The van der Waals surface area contributed by atoms with Gasteiger partial charge in [0.1, 0.15) is 0 Å². The topological polar surface area (TPSA) is 29.3 Å². The van der Waals surface area contributed by atoms with E-state index < -0.39 is 0 Å². The highest BCUT2D eigenvalue weighted by Gasteiger charge is 2.34. The number of hydrogen-bond donors (Lipinski definition) is 1. The van der Waals surface area contributed by atoms with Crippen LogP contribution in [0.5, 0.6) is 0 Å². The molecule has 1 unspecified atom stereocenters. The van der Waals surface area contributed by atoms with Gasteiger partial charge in [0.25, 0.3) is 0 Å². The van der Waals surface area contributed by atoms with Crippen LogP contribution in [0.3, 0.4) is 0 Å². The van der Waals surface area contributed by atoms with E-state index in [0.717, 1.165) is 23.7 Å². The van der Waals surface area contributed by atoms with Crippen LogP contribution in [0.25, 0.3) is 0 Å². The zero-order valence-electron chi connectivity index (χ0n) is 11.3. The Labute approximate surface area is 115 Å². The molecule has 1 aromatic carbocycles. The predicted octanol–water partition coefficient (Wildman–Crippen LogP) is 3.60. The lowest BCUT2D eigenvalue weighted by molar-refractivity contribution is 0.0730. The molecule has 0 radical (unpaired) electrons. The first-order valence-electron chi connectivity index (χ1n) is 6.78. The number of nitrogens with zero attached hydrogens (tertiary/aromatic N) is 1. The maximum absolute atomic E-state index is 6.47. The second-order valence-corrected chi connectivity index (χ2v) is 6.17. The molecule has 2 nitrogen and oxygen atoms in total. The molecule has 0 amide bonds. The molecule has 2 rings (SSSR count). The van der Waals surface area contributed by atoms with E-state index in [-0.39, 0.29) is 11.6 Å². The summed E-state index contributed by atoms with van der Waals surface area (Å²) in [5.41, 5.74) is 7.57. The van der Waals surface area contributed by atoms with Crippen LogP contribution in [0.2, 0.25) is 5.02 Å². The van der Waals surface area contributed by atoms with Gasteiger partial charge in [-0.2, -0.15) is 0 Å². The molecule has 1 aromatic rings. The highest BCUT2D eigenvalue weighted by Crippen LogP contribution is 2.32. The molecule has 2 N–H and O–H groups in total. The van der Waals surface area contributed by atoms with Gasteiger partial charge in [-0.3, -0.25) is 4.90 Å². The Kier molecular flexibility index (Phi) is 4.31. The predicted molar refractivity (Wildman–Crippen MR) is 77.9 cm³/mol. The fraction of sp³-hybridized carbons (Fsp3) is 0.600. The zero-order valence-corrected chi connectivity index (χ0v) is 12.1. The van der Waals surface area contributed by atoms with E-state index in [1.54, 1.807) is 0 Å². The first-order valence-corrected chi connectivity index (χ1v) is 7.16. The van der Waals surface area contributed by atoms with Gasteiger partial charge in [0.2, 0.25) is 0 Å². The average Bonchev–Trinajstić information content (AvgIpc) is 2.39. The molecule has 1 aliphatic rings.